The van der Waals surface area contributed by atoms with Gasteiger partial charge < -0.3 is 0 Å². The zero-order valence-corrected chi connectivity index (χ0v) is 19.0. The number of hydrogen-bond donors (Lipinski definition) is 0. The molecular weight excluding hydrogens is 694 g/mol. The van der Waals surface area contributed by atoms with Gasteiger partial charge in [0.2, 0.25) is 0 Å². The predicted octanol–water partition coefficient (Wildman–Crippen LogP) is 6.45. The van der Waals surface area contributed by atoms with Crippen molar-refractivity contribution in [2.75, 3.05) is 26.7 Å². The monoisotopic (exact) mass is 712 g/mol. The summed E-state index contributed by atoms with van der Waals surface area (Å²) in [6, 6.07) is 0. The second kappa shape index (κ2) is 10.3. The average molecular weight is 714 g/mol. The number of halogens is 4. The molecular formula is C8H20Au2Cl4P2-4. The molecule has 0 aliphatic rings. The van der Waals surface area contributed by atoms with Crippen molar-refractivity contribution in [2.24, 2.45) is 0 Å². The minimum absolute atomic E-state index is 1.75. The molecule has 0 saturated heterocycles. The van der Waals surface area contributed by atoms with Crippen LogP contribution in [0, 0.1) is 26.7 Å². The van der Waals surface area contributed by atoms with Crippen LogP contribution >= 0.6 is 52.8 Å². The summed E-state index contributed by atoms with van der Waals surface area (Å²) in [4.78, 5) is 0. The third-order valence-electron chi connectivity index (χ3n) is 0. The molecule has 0 bridgehead atoms. The first kappa shape index (κ1) is 27.8. The summed E-state index contributed by atoms with van der Waals surface area (Å²) in [6.07, 6.45) is 0. The molecule has 0 N–H and O–H groups in total. The van der Waals surface area contributed by atoms with Gasteiger partial charge in [0.05, 0.1) is 0 Å². The van der Waals surface area contributed by atoms with E-state index in [1.165, 1.54) is 0 Å². The molecule has 0 heterocycles. The molecule has 116 valence electrons. The molecule has 0 aliphatic heterocycles. The minimum atomic E-state index is -2.08. The fraction of sp³-hybridized carbons (Fsp3) is 0.500. The van der Waals surface area contributed by atoms with Crippen LogP contribution in [-0.4, -0.2) is 26.7 Å². The van der Waals surface area contributed by atoms with Gasteiger partial charge in [-0.05, 0) is 0 Å². The van der Waals surface area contributed by atoms with E-state index in [0.29, 0.717) is 0 Å². The van der Waals surface area contributed by atoms with Gasteiger partial charge in [0.25, 0.3) is 0 Å². The summed E-state index contributed by atoms with van der Waals surface area (Å²) in [5.74, 6) is -4.16. The number of hydrogen-bond acceptors (Lipinski definition) is 0. The average Bonchev–Trinajstić information content (AvgIpc) is 1.84. The molecule has 0 spiro atoms. The van der Waals surface area contributed by atoms with Crippen LogP contribution in [0.1, 0.15) is 0 Å². The van der Waals surface area contributed by atoms with Crippen molar-refractivity contribution in [3.05, 3.63) is 26.7 Å². The molecule has 0 atom stereocenters. The zero-order chi connectivity index (χ0) is 14.9. The molecule has 8 heteroatoms. The van der Waals surface area contributed by atoms with Gasteiger partial charge in [-0.25, -0.2) is 0 Å². The summed E-state index contributed by atoms with van der Waals surface area (Å²) in [7, 11) is 9.17. The first-order valence-corrected chi connectivity index (χ1v) is 17.8. The Morgan fingerprint density at radius 2 is 0.625 bits per heavy atom. The van der Waals surface area contributed by atoms with Crippen LogP contribution in [-0.2, 0) is 40.0 Å². The van der Waals surface area contributed by atoms with E-state index in [-0.39, 0.29) is 0 Å². The maximum atomic E-state index is 5.69. The van der Waals surface area contributed by atoms with E-state index in [2.05, 4.69) is 45.0 Å². The van der Waals surface area contributed by atoms with E-state index < -0.39 is 11.9 Å². The van der Waals surface area contributed by atoms with Crippen LogP contribution < -0.4 is 0 Å². The van der Waals surface area contributed by atoms with Crippen LogP contribution in [0.5, 0.6) is 0 Å². The molecule has 0 aliphatic carbocycles. The molecule has 0 aromatic rings. The van der Waals surface area contributed by atoms with Crippen LogP contribution in [0.15, 0.2) is 0 Å². The van der Waals surface area contributed by atoms with Gasteiger partial charge >= 0.3 is 146 Å². The molecule has 0 rings (SSSR count). The summed E-state index contributed by atoms with van der Waals surface area (Å²) in [5.41, 5.74) is 0. The van der Waals surface area contributed by atoms with Crippen LogP contribution in [0.2, 0.25) is 0 Å². The molecule has 0 fully saturated rings. The van der Waals surface area contributed by atoms with Crippen LogP contribution in [0.3, 0.4) is 0 Å². The van der Waals surface area contributed by atoms with Gasteiger partial charge in [-0.2, -0.15) is 0 Å². The fourth-order valence-electron chi connectivity index (χ4n) is 0. The third kappa shape index (κ3) is 389. The van der Waals surface area contributed by atoms with E-state index in [9.17, 15) is 0 Å². The van der Waals surface area contributed by atoms with E-state index in [4.69, 9.17) is 22.5 Å². The van der Waals surface area contributed by atoms with E-state index in [1.54, 1.807) is 40.0 Å². The third-order valence-corrected chi connectivity index (χ3v) is 0. The van der Waals surface area contributed by atoms with Crippen molar-refractivity contribution in [3.63, 3.8) is 0 Å². The molecule has 0 aromatic heterocycles. The van der Waals surface area contributed by atoms with Crippen LogP contribution in [0.4, 0.5) is 0 Å². The first-order chi connectivity index (χ1) is 6.47. The normalized spacial score (nSPS) is 15.2. The van der Waals surface area contributed by atoms with E-state index >= 15 is 0 Å². The molecule has 0 amide bonds. The molecule has 0 unspecified atom stereocenters. The van der Waals surface area contributed by atoms with Crippen molar-refractivity contribution in [2.45, 2.75) is 0 Å². The van der Waals surface area contributed by atoms with Crippen LogP contribution in [0.25, 0.3) is 0 Å². The van der Waals surface area contributed by atoms with Gasteiger partial charge in [0.15, 0.2) is 0 Å². The topological polar surface area (TPSA) is 0 Å². The molecule has 0 aromatic carbocycles. The first-order valence-electron chi connectivity index (χ1n) is 3.62. The van der Waals surface area contributed by atoms with Crippen molar-refractivity contribution >= 4 is 52.8 Å². The Morgan fingerprint density at radius 3 is 0.625 bits per heavy atom. The molecule has 0 nitrogen and oxygen atoms in total. The standard InChI is InChI=1S/2C4H10ClP.2Au.2ClH/c2*1-6(2,3,4)5;;;;/h2*1-2H2,3-4H3;;;2*1H/q2*-2;2*+1;;/p-2. The Bertz CT molecular complexity index is 114. The SMILES string of the molecule is [CH2-]P([CH2-])(C)(C)Cl.[CH2-]P([CH2-])(C)(C)Cl.[Cl][Au].[Cl][Au]. The van der Waals surface area contributed by atoms with Crippen molar-refractivity contribution in [1.82, 2.24) is 0 Å². The van der Waals surface area contributed by atoms with Gasteiger partial charge in [0.1, 0.15) is 0 Å². The van der Waals surface area contributed by atoms with Gasteiger partial charge in [-0.1, -0.05) is 0 Å². The Kier molecular flexibility index (Phi) is 17.8. The van der Waals surface area contributed by atoms with Crippen molar-refractivity contribution in [3.8, 4) is 0 Å². The van der Waals surface area contributed by atoms with Gasteiger partial charge in [-0.15, -0.1) is 0 Å². The maximum absolute atomic E-state index is 5.69. The van der Waals surface area contributed by atoms with Gasteiger partial charge in [-0.3, -0.25) is 0 Å². The predicted molar refractivity (Wildman–Crippen MR) is 82.4 cm³/mol. The zero-order valence-electron chi connectivity index (χ0n) is 9.84. The Morgan fingerprint density at radius 1 is 0.625 bits per heavy atom. The molecule has 0 radical (unpaired) electrons. The van der Waals surface area contributed by atoms with Crippen molar-refractivity contribution < 1.29 is 40.0 Å². The molecule has 0 saturated carbocycles. The van der Waals surface area contributed by atoms with E-state index in [1.807, 2.05) is 26.7 Å². The quantitative estimate of drug-likeness (QED) is 0.154. The summed E-state index contributed by atoms with van der Waals surface area (Å²) in [5, 5.41) is 0. The second-order valence-electron chi connectivity index (χ2n) is 5.03. The number of rotatable bonds is 0. The van der Waals surface area contributed by atoms with Gasteiger partial charge in [0, 0.05) is 0 Å². The Hall–Kier alpha value is 3.50. The van der Waals surface area contributed by atoms with E-state index in [0.717, 1.165) is 0 Å². The Balaban J connectivity index is -0.0000000686. The van der Waals surface area contributed by atoms with Crippen molar-refractivity contribution in [1.29, 1.82) is 0 Å². The second-order valence-corrected chi connectivity index (χ2v) is 22.0. The summed E-state index contributed by atoms with van der Waals surface area (Å²) < 4.78 is 0. The summed E-state index contributed by atoms with van der Waals surface area (Å²) >= 11 is 14.9. The fourth-order valence-corrected chi connectivity index (χ4v) is 0. The Labute approximate surface area is 144 Å². The summed E-state index contributed by atoms with van der Waals surface area (Å²) in [6.45, 7) is 22.3. The molecule has 16 heavy (non-hydrogen) atoms.